The van der Waals surface area contributed by atoms with Crippen LogP contribution in [0, 0.1) is 0 Å². The third kappa shape index (κ3) is 56.6. The standard InChI is InChI=1S/C60H120N6O9/c1-4-7-10-13-16-19-22-25-28-31-40-67-46-52-73-55-49-70-43-34-37-61-58-64-59(62-38-35-44-71-50-56-74-53-47-68-41-32-29-26-23-20-17-14-11-8-5-2)66-60(65-58)63-39-36-45-72-51-57-75-54-48-69-42-33-30-27-24-21-18-15-12-9-6-3/h4-57H2,1-3H3,(H3,61,62,63,64,65,66). The van der Waals surface area contributed by atoms with Gasteiger partial charge in [-0.15, -0.1) is 0 Å². The summed E-state index contributed by atoms with van der Waals surface area (Å²) in [5, 5.41) is 10.0. The fourth-order valence-corrected chi connectivity index (χ4v) is 8.44. The van der Waals surface area contributed by atoms with E-state index >= 15 is 0 Å². The van der Waals surface area contributed by atoms with Gasteiger partial charge >= 0.3 is 0 Å². The Labute approximate surface area is 461 Å². The van der Waals surface area contributed by atoms with Gasteiger partial charge in [-0.2, -0.15) is 15.0 Å². The molecule has 0 saturated carbocycles. The first kappa shape index (κ1) is 71.1. The van der Waals surface area contributed by atoms with Gasteiger partial charge < -0.3 is 58.6 Å². The van der Waals surface area contributed by atoms with E-state index in [-0.39, 0.29) is 0 Å². The largest absolute Gasteiger partial charge is 0.379 e. The molecule has 15 heteroatoms. The van der Waals surface area contributed by atoms with Crippen molar-refractivity contribution in [2.45, 2.75) is 233 Å². The minimum absolute atomic E-state index is 0.512. The molecule has 444 valence electrons. The molecular weight excluding hydrogens is 949 g/mol. The molecule has 0 saturated heterocycles. The van der Waals surface area contributed by atoms with Gasteiger partial charge in [0, 0.05) is 59.3 Å². The Morgan fingerprint density at radius 3 is 0.560 bits per heavy atom. The van der Waals surface area contributed by atoms with Gasteiger partial charge in [0.25, 0.3) is 0 Å². The van der Waals surface area contributed by atoms with Gasteiger partial charge in [0.2, 0.25) is 17.8 Å². The number of unbranched alkanes of at least 4 members (excludes halogenated alkanes) is 27. The van der Waals surface area contributed by atoms with Gasteiger partial charge in [-0.25, -0.2) is 0 Å². The predicted octanol–water partition coefficient (Wildman–Crippen LogP) is 14.2. The Balaban J connectivity index is 2.22. The first-order valence-corrected chi connectivity index (χ1v) is 31.5. The highest BCUT2D eigenvalue weighted by atomic mass is 16.6. The van der Waals surface area contributed by atoms with E-state index in [1.54, 1.807) is 0 Å². The molecule has 0 bridgehead atoms. The van der Waals surface area contributed by atoms with Crippen LogP contribution in [0.1, 0.15) is 233 Å². The highest BCUT2D eigenvalue weighted by Gasteiger charge is 2.07. The topological polar surface area (TPSA) is 158 Å². The van der Waals surface area contributed by atoms with Crippen LogP contribution >= 0.6 is 0 Å². The van der Waals surface area contributed by atoms with Crippen molar-refractivity contribution in [3.8, 4) is 0 Å². The summed E-state index contributed by atoms with van der Waals surface area (Å²) in [6.45, 7) is 20.2. The predicted molar refractivity (Wildman–Crippen MR) is 312 cm³/mol. The van der Waals surface area contributed by atoms with E-state index in [0.717, 1.165) is 58.3 Å². The molecule has 0 atom stereocenters. The van der Waals surface area contributed by atoms with Crippen LogP contribution in [0.4, 0.5) is 17.8 Å². The van der Waals surface area contributed by atoms with Crippen molar-refractivity contribution < 1.29 is 42.6 Å². The van der Waals surface area contributed by atoms with Crippen molar-refractivity contribution in [1.82, 2.24) is 15.0 Å². The molecule has 0 radical (unpaired) electrons. The van der Waals surface area contributed by atoms with Crippen LogP contribution in [0.15, 0.2) is 0 Å². The van der Waals surface area contributed by atoms with Gasteiger partial charge in [0.1, 0.15) is 0 Å². The van der Waals surface area contributed by atoms with Crippen LogP contribution in [-0.2, 0) is 42.6 Å². The fourth-order valence-electron chi connectivity index (χ4n) is 8.44. The maximum Gasteiger partial charge on any atom is 0.229 e. The summed E-state index contributed by atoms with van der Waals surface area (Å²) in [5.74, 6) is 1.54. The Kier molecular flexibility index (Phi) is 59.6. The molecule has 1 heterocycles. The lowest BCUT2D eigenvalue weighted by Crippen LogP contribution is -2.16. The molecule has 15 nitrogen and oxygen atoms in total. The SMILES string of the molecule is CCCCCCCCCCCCOCCOCCOCCCNc1nc(NCCCOCCOCCOCCCCCCCCCCCC)nc(NCCCOCCOCCOCCCCCCCCCCCC)n1. The molecule has 0 aromatic carbocycles. The highest BCUT2D eigenvalue weighted by Crippen LogP contribution is 2.14. The Bertz CT molecular complexity index is 1080. The second kappa shape index (κ2) is 62.9. The van der Waals surface area contributed by atoms with Crippen LogP contribution < -0.4 is 16.0 Å². The van der Waals surface area contributed by atoms with E-state index < -0.39 is 0 Å². The van der Waals surface area contributed by atoms with E-state index in [9.17, 15) is 0 Å². The van der Waals surface area contributed by atoms with Gasteiger partial charge in [0.15, 0.2) is 0 Å². The average molecular weight is 1070 g/mol. The molecule has 0 unspecified atom stereocenters. The van der Waals surface area contributed by atoms with Crippen LogP contribution in [-0.4, -0.2) is 154 Å². The average Bonchev–Trinajstić information content (AvgIpc) is 3.42. The first-order valence-electron chi connectivity index (χ1n) is 31.5. The monoisotopic (exact) mass is 1070 g/mol. The summed E-state index contributed by atoms with van der Waals surface area (Å²) < 4.78 is 51.8. The van der Waals surface area contributed by atoms with E-state index in [1.165, 1.54) is 173 Å². The zero-order chi connectivity index (χ0) is 53.5. The van der Waals surface area contributed by atoms with Crippen molar-refractivity contribution in [3.05, 3.63) is 0 Å². The molecule has 0 aliphatic heterocycles. The summed E-state index contributed by atoms with van der Waals surface area (Å²) >= 11 is 0. The smallest absolute Gasteiger partial charge is 0.229 e. The molecular formula is C60H120N6O9. The normalized spacial score (nSPS) is 11.6. The van der Waals surface area contributed by atoms with Crippen molar-refractivity contribution in [2.75, 3.05) is 155 Å². The molecule has 0 aliphatic carbocycles. The Hall–Kier alpha value is -1.95. The summed E-state index contributed by atoms with van der Waals surface area (Å²) in [6.07, 6.45) is 42.5. The van der Waals surface area contributed by atoms with Gasteiger partial charge in [-0.1, -0.05) is 194 Å². The number of nitrogens with one attached hydrogen (secondary N) is 3. The Morgan fingerprint density at radius 1 is 0.200 bits per heavy atom. The molecule has 1 aromatic heterocycles. The number of ether oxygens (including phenoxy) is 9. The van der Waals surface area contributed by atoms with Crippen molar-refractivity contribution in [2.24, 2.45) is 0 Å². The molecule has 75 heavy (non-hydrogen) atoms. The molecule has 1 aromatic rings. The van der Waals surface area contributed by atoms with Crippen LogP contribution in [0.5, 0.6) is 0 Å². The summed E-state index contributed by atoms with van der Waals surface area (Å²) in [7, 11) is 0. The van der Waals surface area contributed by atoms with Gasteiger partial charge in [-0.3, -0.25) is 0 Å². The van der Waals surface area contributed by atoms with Crippen LogP contribution in [0.2, 0.25) is 0 Å². The Morgan fingerprint density at radius 2 is 0.360 bits per heavy atom. The fraction of sp³-hybridized carbons (Fsp3) is 0.950. The number of hydrogen-bond donors (Lipinski definition) is 3. The lowest BCUT2D eigenvalue weighted by Gasteiger charge is -2.12. The van der Waals surface area contributed by atoms with E-state index in [4.69, 9.17) is 42.6 Å². The highest BCUT2D eigenvalue weighted by molar-refractivity contribution is 5.42. The third-order valence-electron chi connectivity index (χ3n) is 13.0. The quantitative estimate of drug-likeness (QED) is 0.0529. The van der Waals surface area contributed by atoms with E-state index in [1.807, 2.05) is 0 Å². The van der Waals surface area contributed by atoms with Crippen LogP contribution in [0.25, 0.3) is 0 Å². The van der Waals surface area contributed by atoms with Crippen LogP contribution in [0.3, 0.4) is 0 Å². The van der Waals surface area contributed by atoms with E-state index in [2.05, 4.69) is 51.7 Å². The molecule has 0 amide bonds. The molecule has 3 N–H and O–H groups in total. The molecule has 0 spiro atoms. The summed E-state index contributed by atoms with van der Waals surface area (Å²) in [6, 6.07) is 0. The van der Waals surface area contributed by atoms with Gasteiger partial charge in [-0.05, 0) is 38.5 Å². The maximum absolute atomic E-state index is 5.81. The second-order valence-electron chi connectivity index (χ2n) is 20.2. The number of nitrogens with zero attached hydrogens (tertiary/aromatic N) is 3. The van der Waals surface area contributed by atoms with Gasteiger partial charge in [0.05, 0.1) is 79.3 Å². The number of anilines is 3. The third-order valence-corrected chi connectivity index (χ3v) is 13.0. The zero-order valence-electron chi connectivity index (χ0n) is 49.2. The minimum Gasteiger partial charge on any atom is -0.379 e. The van der Waals surface area contributed by atoms with E-state index in [0.29, 0.717) is 137 Å². The lowest BCUT2D eigenvalue weighted by atomic mass is 10.1. The number of aromatic nitrogens is 3. The summed E-state index contributed by atoms with van der Waals surface area (Å²) in [4.78, 5) is 13.9. The second-order valence-corrected chi connectivity index (χ2v) is 20.2. The lowest BCUT2D eigenvalue weighted by molar-refractivity contribution is 0.0138. The zero-order valence-corrected chi connectivity index (χ0v) is 49.2. The summed E-state index contributed by atoms with van der Waals surface area (Å²) in [5.41, 5.74) is 0. The number of hydrogen-bond acceptors (Lipinski definition) is 15. The van der Waals surface area contributed by atoms with Crippen molar-refractivity contribution >= 4 is 17.8 Å². The molecule has 0 aliphatic rings. The van der Waals surface area contributed by atoms with Crippen molar-refractivity contribution in [1.29, 1.82) is 0 Å². The maximum atomic E-state index is 5.81. The van der Waals surface area contributed by atoms with Crippen molar-refractivity contribution in [3.63, 3.8) is 0 Å². The number of rotatable bonds is 66. The first-order chi connectivity index (χ1) is 37.3. The molecule has 0 fully saturated rings. The molecule has 1 rings (SSSR count). The minimum atomic E-state index is 0.512.